The normalized spacial score (nSPS) is 14.0. The molecule has 9 heteroatoms. The quantitative estimate of drug-likeness (QED) is 0.262. The zero-order chi connectivity index (χ0) is 23.6. The van der Waals surface area contributed by atoms with Gasteiger partial charge in [0.1, 0.15) is 6.33 Å². The van der Waals surface area contributed by atoms with Crippen molar-refractivity contribution in [3.05, 3.63) is 88.2 Å². The summed E-state index contributed by atoms with van der Waals surface area (Å²) in [5, 5.41) is 15.3. The minimum atomic E-state index is -0.386. The molecule has 0 amide bonds. The van der Waals surface area contributed by atoms with Crippen LogP contribution >= 0.6 is 0 Å². The summed E-state index contributed by atoms with van der Waals surface area (Å²) in [5.74, 6) is 0.562. The van der Waals surface area contributed by atoms with E-state index in [2.05, 4.69) is 20.2 Å². The number of aromatic nitrogens is 2. The van der Waals surface area contributed by atoms with Gasteiger partial charge in [-0.15, -0.1) is 0 Å². The summed E-state index contributed by atoms with van der Waals surface area (Å²) in [6, 6.07) is 19.8. The van der Waals surface area contributed by atoms with Crippen molar-refractivity contribution in [3.63, 3.8) is 0 Å². The van der Waals surface area contributed by atoms with E-state index in [1.54, 1.807) is 0 Å². The highest BCUT2D eigenvalue weighted by Crippen LogP contribution is 2.33. The van der Waals surface area contributed by atoms with Gasteiger partial charge < -0.3 is 15.0 Å². The van der Waals surface area contributed by atoms with Crippen LogP contribution < -0.4 is 10.2 Å². The minimum absolute atomic E-state index is 0.0965. The molecule has 2 aromatic carbocycles. The van der Waals surface area contributed by atoms with Gasteiger partial charge in [-0.1, -0.05) is 60.7 Å². The van der Waals surface area contributed by atoms with Crippen molar-refractivity contribution in [2.24, 2.45) is 0 Å². The van der Waals surface area contributed by atoms with Gasteiger partial charge in [-0.2, -0.15) is 0 Å². The summed E-state index contributed by atoms with van der Waals surface area (Å²) in [4.78, 5) is 24.6. The fourth-order valence-electron chi connectivity index (χ4n) is 4.05. The second-order valence-electron chi connectivity index (χ2n) is 8.21. The first kappa shape index (κ1) is 23.6. The fourth-order valence-corrected chi connectivity index (χ4v) is 4.05. The summed E-state index contributed by atoms with van der Waals surface area (Å²) >= 11 is 0. The topological polar surface area (TPSA) is 96.7 Å². The Morgan fingerprint density at radius 1 is 0.971 bits per heavy atom. The van der Waals surface area contributed by atoms with Gasteiger partial charge in [-0.05, 0) is 24.1 Å². The summed E-state index contributed by atoms with van der Waals surface area (Å²) in [6.07, 6.45) is 2.25. The second kappa shape index (κ2) is 12.1. The van der Waals surface area contributed by atoms with E-state index < -0.39 is 0 Å². The minimum Gasteiger partial charge on any atom is -0.379 e. The third-order valence-corrected chi connectivity index (χ3v) is 5.76. The first-order valence-corrected chi connectivity index (χ1v) is 11.6. The van der Waals surface area contributed by atoms with Gasteiger partial charge in [0.25, 0.3) is 0 Å². The first-order chi connectivity index (χ1) is 16.7. The van der Waals surface area contributed by atoms with Gasteiger partial charge >= 0.3 is 5.69 Å². The van der Waals surface area contributed by atoms with E-state index in [0.29, 0.717) is 25.5 Å². The molecule has 1 aliphatic rings. The number of hydrogen-bond donors (Lipinski definition) is 1. The number of ether oxygens (including phenoxy) is 1. The predicted molar refractivity (Wildman–Crippen MR) is 132 cm³/mol. The lowest BCUT2D eigenvalue weighted by Gasteiger charge is -2.26. The van der Waals surface area contributed by atoms with Crippen LogP contribution in [0.3, 0.4) is 0 Å². The molecule has 1 fully saturated rings. The Bertz CT molecular complexity index is 1000. The number of morpholine rings is 1. The number of benzene rings is 2. The number of nitrogens with zero attached hydrogens (tertiary/aromatic N) is 5. The molecule has 178 valence electrons. The van der Waals surface area contributed by atoms with Gasteiger partial charge in [-0.3, -0.25) is 15.0 Å². The van der Waals surface area contributed by atoms with Crippen LogP contribution in [-0.2, 0) is 17.8 Å². The van der Waals surface area contributed by atoms with Gasteiger partial charge in [0, 0.05) is 32.7 Å². The molecule has 4 rings (SSSR count). The van der Waals surface area contributed by atoms with E-state index in [1.807, 2.05) is 65.6 Å². The van der Waals surface area contributed by atoms with Crippen molar-refractivity contribution >= 4 is 17.3 Å². The smallest absolute Gasteiger partial charge is 0.353 e. The van der Waals surface area contributed by atoms with Crippen molar-refractivity contribution < 1.29 is 9.66 Å². The van der Waals surface area contributed by atoms with Crippen LogP contribution in [0.1, 0.15) is 17.5 Å². The molecule has 0 unspecified atom stereocenters. The van der Waals surface area contributed by atoms with Crippen molar-refractivity contribution in [1.82, 2.24) is 14.9 Å². The number of nitro groups is 1. The maximum Gasteiger partial charge on any atom is 0.353 e. The zero-order valence-electron chi connectivity index (χ0n) is 19.2. The third-order valence-electron chi connectivity index (χ3n) is 5.76. The van der Waals surface area contributed by atoms with Crippen molar-refractivity contribution in [1.29, 1.82) is 0 Å². The van der Waals surface area contributed by atoms with Gasteiger partial charge in [0.2, 0.25) is 11.6 Å². The monoisotopic (exact) mass is 462 g/mol. The molecule has 0 bridgehead atoms. The van der Waals surface area contributed by atoms with E-state index in [-0.39, 0.29) is 16.4 Å². The highest BCUT2D eigenvalue weighted by atomic mass is 16.6. The highest BCUT2D eigenvalue weighted by molar-refractivity contribution is 5.70. The van der Waals surface area contributed by atoms with E-state index in [0.717, 1.165) is 50.4 Å². The van der Waals surface area contributed by atoms with Crippen LogP contribution in [0, 0.1) is 10.1 Å². The van der Waals surface area contributed by atoms with E-state index in [4.69, 9.17) is 4.74 Å². The van der Waals surface area contributed by atoms with Gasteiger partial charge in [-0.25, -0.2) is 9.97 Å². The average molecular weight is 463 g/mol. The molecule has 1 N–H and O–H groups in total. The average Bonchev–Trinajstić information content (AvgIpc) is 2.88. The van der Waals surface area contributed by atoms with Crippen molar-refractivity contribution in [2.75, 3.05) is 49.6 Å². The molecule has 0 saturated carbocycles. The molecule has 0 radical (unpaired) electrons. The molecule has 3 aromatic rings. The van der Waals surface area contributed by atoms with Crippen LogP contribution in [0.25, 0.3) is 0 Å². The lowest BCUT2D eigenvalue weighted by molar-refractivity contribution is -0.383. The van der Waals surface area contributed by atoms with E-state index in [9.17, 15) is 10.1 Å². The van der Waals surface area contributed by atoms with Crippen LogP contribution in [0.2, 0.25) is 0 Å². The largest absolute Gasteiger partial charge is 0.379 e. The number of nitrogens with one attached hydrogen (secondary N) is 1. The van der Waals surface area contributed by atoms with Gasteiger partial charge in [0.15, 0.2) is 0 Å². The molecule has 1 aliphatic heterocycles. The second-order valence-corrected chi connectivity index (χ2v) is 8.21. The summed E-state index contributed by atoms with van der Waals surface area (Å²) < 4.78 is 5.38. The highest BCUT2D eigenvalue weighted by Gasteiger charge is 2.27. The fraction of sp³-hybridized carbons (Fsp3) is 0.360. The van der Waals surface area contributed by atoms with Gasteiger partial charge in [0.05, 0.1) is 18.1 Å². The van der Waals surface area contributed by atoms with Crippen LogP contribution in [0.15, 0.2) is 67.0 Å². The Kier molecular flexibility index (Phi) is 8.37. The molecule has 1 aromatic heterocycles. The molecule has 9 nitrogen and oxygen atoms in total. The molecule has 0 spiro atoms. The molecule has 0 aliphatic carbocycles. The van der Waals surface area contributed by atoms with E-state index >= 15 is 0 Å². The SMILES string of the molecule is O=[N+]([O-])c1c(NCCCN2CCOCC2)ncnc1N(Cc1ccccc1)Cc1ccccc1. The van der Waals surface area contributed by atoms with Crippen LogP contribution in [-0.4, -0.2) is 59.2 Å². The third kappa shape index (κ3) is 6.49. The molecule has 0 atom stereocenters. The summed E-state index contributed by atoms with van der Waals surface area (Å²) in [5.41, 5.74) is 2.00. The van der Waals surface area contributed by atoms with E-state index in [1.165, 1.54) is 6.33 Å². The maximum atomic E-state index is 12.2. The van der Waals surface area contributed by atoms with Crippen molar-refractivity contribution in [3.8, 4) is 0 Å². The van der Waals surface area contributed by atoms with Crippen LogP contribution in [0.4, 0.5) is 17.3 Å². The molecular weight excluding hydrogens is 432 g/mol. The molecule has 1 saturated heterocycles. The Morgan fingerprint density at radius 2 is 1.59 bits per heavy atom. The maximum absolute atomic E-state index is 12.2. The number of rotatable bonds is 11. The Labute approximate surface area is 199 Å². The summed E-state index contributed by atoms with van der Waals surface area (Å²) in [7, 11) is 0. The molecule has 34 heavy (non-hydrogen) atoms. The number of hydrogen-bond acceptors (Lipinski definition) is 8. The molecule has 2 heterocycles. The summed E-state index contributed by atoms with van der Waals surface area (Å²) in [6.45, 7) is 5.84. The van der Waals surface area contributed by atoms with Crippen molar-refractivity contribution in [2.45, 2.75) is 19.5 Å². The predicted octanol–water partition coefficient (Wildman–Crippen LogP) is 3.73. The lowest BCUT2D eigenvalue weighted by atomic mass is 10.1. The zero-order valence-corrected chi connectivity index (χ0v) is 19.2. The Balaban J connectivity index is 1.54. The standard InChI is InChI=1S/C25H30N6O3/c32-31(33)23-24(26-12-7-13-29-14-16-34-17-15-29)27-20-28-25(23)30(18-21-8-3-1-4-9-21)19-22-10-5-2-6-11-22/h1-6,8-11,20H,7,12-19H2,(H,26,27,28). The number of anilines is 2. The molecular formula is C25H30N6O3. The Morgan fingerprint density at radius 3 is 2.18 bits per heavy atom. The Hall–Kier alpha value is -3.56. The van der Waals surface area contributed by atoms with Crippen LogP contribution in [0.5, 0.6) is 0 Å². The first-order valence-electron chi connectivity index (χ1n) is 11.6. The lowest BCUT2D eigenvalue weighted by Crippen LogP contribution is -2.37.